The molecule has 0 saturated heterocycles. The third-order valence-corrected chi connectivity index (χ3v) is 5.80. The maximum absolute atomic E-state index is 3.76. The summed E-state index contributed by atoms with van der Waals surface area (Å²) in [5, 5.41) is 5.94. The molecule has 2 atom stereocenters. The fourth-order valence-electron chi connectivity index (χ4n) is 3.02. The molecule has 0 spiro atoms. The fourth-order valence-corrected chi connectivity index (χ4v) is 4.53. The van der Waals surface area contributed by atoms with Gasteiger partial charge in [-0.15, -0.1) is 11.3 Å². The third kappa shape index (κ3) is 3.00. The number of nitrogens with one attached hydrogen (secondary N) is 1. The molecule has 2 aromatic rings. The summed E-state index contributed by atoms with van der Waals surface area (Å²) in [6, 6.07) is 11.7. The summed E-state index contributed by atoms with van der Waals surface area (Å²) >= 11 is 5.42. The van der Waals surface area contributed by atoms with E-state index in [1.165, 1.54) is 27.8 Å². The van der Waals surface area contributed by atoms with Crippen molar-refractivity contribution in [1.29, 1.82) is 0 Å². The summed E-state index contributed by atoms with van der Waals surface area (Å²) in [4.78, 5) is 1.47. The molecule has 1 nitrogen and oxygen atoms in total. The van der Waals surface area contributed by atoms with Crippen LogP contribution in [0.15, 0.2) is 40.2 Å². The van der Waals surface area contributed by atoms with Gasteiger partial charge in [-0.25, -0.2) is 0 Å². The first kappa shape index (κ1) is 14.3. The minimum Gasteiger partial charge on any atom is -0.313 e. The van der Waals surface area contributed by atoms with Crippen LogP contribution < -0.4 is 5.32 Å². The zero-order valence-corrected chi connectivity index (χ0v) is 14.1. The highest BCUT2D eigenvalue weighted by Gasteiger charge is 2.32. The Labute approximate surface area is 133 Å². The smallest absolute Gasteiger partial charge is 0.0285 e. The Hall–Kier alpha value is -0.640. The van der Waals surface area contributed by atoms with E-state index in [1.807, 2.05) is 11.3 Å². The van der Waals surface area contributed by atoms with Crippen molar-refractivity contribution in [2.75, 3.05) is 6.54 Å². The van der Waals surface area contributed by atoms with E-state index in [0.717, 1.165) is 13.0 Å². The highest BCUT2D eigenvalue weighted by Crippen LogP contribution is 2.38. The lowest BCUT2D eigenvalue weighted by atomic mass is 9.72. The van der Waals surface area contributed by atoms with Crippen LogP contribution in [0, 0.1) is 0 Å². The molecular formula is C17H20BrNS. The fraction of sp³-hybridized carbons (Fsp3) is 0.412. The van der Waals surface area contributed by atoms with Crippen LogP contribution in [0.1, 0.15) is 35.3 Å². The van der Waals surface area contributed by atoms with Crippen LogP contribution in [-0.2, 0) is 12.8 Å². The Morgan fingerprint density at radius 1 is 1.40 bits per heavy atom. The van der Waals surface area contributed by atoms with Gasteiger partial charge < -0.3 is 5.32 Å². The van der Waals surface area contributed by atoms with Crippen LogP contribution in [0.4, 0.5) is 0 Å². The normalized spacial score (nSPS) is 18.4. The molecule has 0 fully saturated rings. The van der Waals surface area contributed by atoms with E-state index in [1.54, 1.807) is 5.56 Å². The van der Waals surface area contributed by atoms with Crippen LogP contribution in [0.3, 0.4) is 0 Å². The highest BCUT2D eigenvalue weighted by molar-refractivity contribution is 9.10. The Kier molecular flexibility index (Phi) is 4.59. The van der Waals surface area contributed by atoms with Crippen molar-refractivity contribution in [3.63, 3.8) is 0 Å². The van der Waals surface area contributed by atoms with E-state index in [9.17, 15) is 0 Å². The maximum Gasteiger partial charge on any atom is 0.0285 e. The van der Waals surface area contributed by atoms with Gasteiger partial charge in [0.1, 0.15) is 0 Å². The maximum atomic E-state index is 3.76. The summed E-state index contributed by atoms with van der Waals surface area (Å²) in [6.45, 7) is 3.34. The standard InChI is InChI=1S/C17H20BrNS/c1-2-7-19-17(10-14-9-13(18)11-20-14)16-8-12-5-3-4-6-15(12)16/h3-6,9,11,16-17,19H,2,7-8,10H2,1H3. The quantitative estimate of drug-likeness (QED) is 0.792. The Balaban J connectivity index is 1.74. The Morgan fingerprint density at radius 2 is 2.25 bits per heavy atom. The van der Waals surface area contributed by atoms with Crippen molar-refractivity contribution < 1.29 is 0 Å². The van der Waals surface area contributed by atoms with Crippen LogP contribution >= 0.6 is 27.3 Å². The van der Waals surface area contributed by atoms with E-state index in [2.05, 4.69) is 63.9 Å². The van der Waals surface area contributed by atoms with Crippen molar-refractivity contribution in [3.05, 3.63) is 56.2 Å². The van der Waals surface area contributed by atoms with Gasteiger partial charge in [-0.2, -0.15) is 0 Å². The van der Waals surface area contributed by atoms with E-state index >= 15 is 0 Å². The van der Waals surface area contributed by atoms with Crippen molar-refractivity contribution in [1.82, 2.24) is 5.32 Å². The number of hydrogen-bond acceptors (Lipinski definition) is 2. The van der Waals surface area contributed by atoms with Crippen molar-refractivity contribution in [3.8, 4) is 0 Å². The number of benzene rings is 1. The Morgan fingerprint density at radius 3 is 2.95 bits per heavy atom. The number of fused-ring (bicyclic) bond motifs is 1. The second kappa shape index (κ2) is 6.42. The van der Waals surface area contributed by atoms with Gasteiger partial charge in [0.05, 0.1) is 0 Å². The van der Waals surface area contributed by atoms with Gasteiger partial charge in [-0.05, 0) is 58.9 Å². The summed E-state index contributed by atoms with van der Waals surface area (Å²) in [5.74, 6) is 0.679. The lowest BCUT2D eigenvalue weighted by Crippen LogP contribution is -2.41. The number of halogens is 1. The lowest BCUT2D eigenvalue weighted by Gasteiger charge is -2.37. The summed E-state index contributed by atoms with van der Waals surface area (Å²) in [5.41, 5.74) is 3.09. The van der Waals surface area contributed by atoms with E-state index in [0.29, 0.717) is 12.0 Å². The summed E-state index contributed by atoms with van der Waals surface area (Å²) < 4.78 is 1.21. The molecule has 1 aliphatic rings. The molecule has 0 bridgehead atoms. The molecule has 0 amide bonds. The van der Waals surface area contributed by atoms with Crippen LogP contribution in [0.2, 0.25) is 0 Å². The monoisotopic (exact) mass is 349 g/mol. The average Bonchev–Trinajstić information content (AvgIpc) is 2.82. The molecular weight excluding hydrogens is 330 g/mol. The predicted octanol–water partition coefficient (Wildman–Crippen LogP) is 4.76. The van der Waals surface area contributed by atoms with Gasteiger partial charge in [0.2, 0.25) is 0 Å². The minimum absolute atomic E-state index is 0.565. The zero-order chi connectivity index (χ0) is 13.9. The molecule has 20 heavy (non-hydrogen) atoms. The topological polar surface area (TPSA) is 12.0 Å². The lowest BCUT2D eigenvalue weighted by molar-refractivity contribution is 0.399. The van der Waals surface area contributed by atoms with Gasteiger partial charge in [0.15, 0.2) is 0 Å². The first-order valence-electron chi connectivity index (χ1n) is 7.32. The molecule has 3 heteroatoms. The van der Waals surface area contributed by atoms with E-state index in [4.69, 9.17) is 0 Å². The first-order chi connectivity index (χ1) is 9.78. The molecule has 1 N–H and O–H groups in total. The number of hydrogen-bond donors (Lipinski definition) is 1. The molecule has 0 aliphatic heterocycles. The molecule has 1 heterocycles. The second-order valence-corrected chi connectivity index (χ2v) is 7.42. The van der Waals surface area contributed by atoms with Crippen LogP contribution in [0.5, 0.6) is 0 Å². The van der Waals surface area contributed by atoms with Gasteiger partial charge in [0.25, 0.3) is 0 Å². The van der Waals surface area contributed by atoms with Crippen molar-refractivity contribution in [2.24, 2.45) is 0 Å². The second-order valence-electron chi connectivity index (χ2n) is 5.51. The molecule has 0 radical (unpaired) electrons. The van der Waals surface area contributed by atoms with E-state index < -0.39 is 0 Å². The Bertz CT molecular complexity index is 578. The van der Waals surface area contributed by atoms with Crippen molar-refractivity contribution in [2.45, 2.75) is 38.1 Å². The molecule has 3 rings (SSSR count). The molecule has 0 saturated carbocycles. The summed E-state index contributed by atoms with van der Waals surface area (Å²) in [7, 11) is 0. The number of rotatable bonds is 6. The molecule has 1 aromatic heterocycles. The predicted molar refractivity (Wildman–Crippen MR) is 90.7 cm³/mol. The van der Waals surface area contributed by atoms with Gasteiger partial charge in [-0.3, -0.25) is 0 Å². The van der Waals surface area contributed by atoms with Gasteiger partial charge in [-0.1, -0.05) is 31.2 Å². The van der Waals surface area contributed by atoms with Crippen molar-refractivity contribution >= 4 is 27.3 Å². The molecule has 106 valence electrons. The first-order valence-corrected chi connectivity index (χ1v) is 8.99. The summed E-state index contributed by atoms with van der Waals surface area (Å²) in [6.07, 6.45) is 3.55. The van der Waals surface area contributed by atoms with Gasteiger partial charge in [0, 0.05) is 26.7 Å². The molecule has 1 aliphatic carbocycles. The zero-order valence-electron chi connectivity index (χ0n) is 11.7. The van der Waals surface area contributed by atoms with Gasteiger partial charge >= 0.3 is 0 Å². The molecule has 2 unspecified atom stereocenters. The molecule has 1 aromatic carbocycles. The van der Waals surface area contributed by atoms with Crippen LogP contribution in [-0.4, -0.2) is 12.6 Å². The largest absolute Gasteiger partial charge is 0.313 e. The average molecular weight is 350 g/mol. The number of thiophene rings is 1. The minimum atomic E-state index is 0.565. The SMILES string of the molecule is CCCNC(Cc1cc(Br)cs1)C1Cc2ccccc21. The third-order valence-electron chi connectivity index (χ3n) is 4.08. The van der Waals surface area contributed by atoms with E-state index in [-0.39, 0.29) is 0 Å². The highest BCUT2D eigenvalue weighted by atomic mass is 79.9. The van der Waals surface area contributed by atoms with Crippen LogP contribution in [0.25, 0.3) is 0 Å².